The molecule has 0 amide bonds. The van der Waals surface area contributed by atoms with E-state index in [0.29, 0.717) is 6.61 Å². The van der Waals surface area contributed by atoms with E-state index in [1.54, 1.807) is 0 Å². The molecule has 3 aromatic rings. The molecule has 1 heterocycles. The first-order valence-corrected chi connectivity index (χ1v) is 13.7. The number of rotatable bonds is 8. The largest absolute Gasteiger partial charge is 0.466 e. The summed E-state index contributed by atoms with van der Waals surface area (Å²) in [6.07, 6.45) is 1.36. The highest BCUT2D eigenvalue weighted by Gasteiger charge is 2.28. The summed E-state index contributed by atoms with van der Waals surface area (Å²) < 4.78 is 5.39. The van der Waals surface area contributed by atoms with Crippen molar-refractivity contribution in [1.82, 2.24) is 4.90 Å². The minimum absolute atomic E-state index is 0.136. The molecule has 202 valence electrons. The van der Waals surface area contributed by atoms with Gasteiger partial charge in [-0.1, -0.05) is 62.4 Å². The summed E-state index contributed by atoms with van der Waals surface area (Å²) in [5.74, 6) is -0.330. The van der Waals surface area contributed by atoms with Crippen LogP contribution in [0.4, 0.5) is 11.4 Å². The fraction of sp³-hybridized carbons (Fsp3) is 0.424. The zero-order valence-corrected chi connectivity index (χ0v) is 23.9. The number of nitrogen functional groups attached to an aromatic ring is 1. The van der Waals surface area contributed by atoms with Crippen molar-refractivity contribution in [1.29, 1.82) is 0 Å². The summed E-state index contributed by atoms with van der Waals surface area (Å²) in [6.45, 7) is 14.0. The molecule has 5 nitrogen and oxygen atoms in total. The lowest BCUT2D eigenvalue weighted by molar-refractivity contribution is -0.143. The third kappa shape index (κ3) is 6.21. The topological polar surface area (TPSA) is 67.6 Å². The average Bonchev–Trinajstić information content (AvgIpc) is 3.00. The van der Waals surface area contributed by atoms with E-state index in [2.05, 4.69) is 79.5 Å². The molecule has 0 radical (unpaired) electrons. The second-order valence-electron chi connectivity index (χ2n) is 11.5. The molecule has 0 aromatic heterocycles. The SMILES string of the molecule is CCOC(=O)CC(c1ccc(C)c(CN2Cc3ccccc3CC(C)(C)C2)c1)c1ccc(NC)c(N)c1C. The van der Waals surface area contributed by atoms with Gasteiger partial charge in [0.1, 0.15) is 0 Å². The van der Waals surface area contributed by atoms with Crippen molar-refractivity contribution in [3.8, 4) is 0 Å². The number of esters is 1. The predicted molar refractivity (Wildman–Crippen MR) is 157 cm³/mol. The van der Waals surface area contributed by atoms with Crippen molar-refractivity contribution < 1.29 is 9.53 Å². The second kappa shape index (κ2) is 11.6. The summed E-state index contributed by atoms with van der Waals surface area (Å²) in [5.41, 5.74) is 16.9. The normalized spacial score (nSPS) is 15.8. The van der Waals surface area contributed by atoms with Crippen molar-refractivity contribution >= 4 is 17.3 Å². The molecule has 3 N–H and O–H groups in total. The van der Waals surface area contributed by atoms with Crippen LogP contribution >= 0.6 is 0 Å². The van der Waals surface area contributed by atoms with E-state index in [1.165, 1.54) is 22.3 Å². The van der Waals surface area contributed by atoms with Gasteiger partial charge in [-0.05, 0) is 77.6 Å². The third-order valence-corrected chi connectivity index (χ3v) is 7.88. The number of nitrogens with zero attached hydrogens (tertiary/aromatic N) is 1. The van der Waals surface area contributed by atoms with Gasteiger partial charge >= 0.3 is 5.97 Å². The van der Waals surface area contributed by atoms with Crippen molar-refractivity contribution in [3.63, 3.8) is 0 Å². The van der Waals surface area contributed by atoms with E-state index in [1.807, 2.05) is 27.0 Å². The highest BCUT2D eigenvalue weighted by Crippen LogP contribution is 2.37. The monoisotopic (exact) mass is 513 g/mol. The predicted octanol–water partition coefficient (Wildman–Crippen LogP) is 6.60. The van der Waals surface area contributed by atoms with Gasteiger partial charge in [-0.2, -0.15) is 0 Å². The lowest BCUT2D eigenvalue weighted by Gasteiger charge is -2.30. The lowest BCUT2D eigenvalue weighted by atomic mass is 9.84. The quantitative estimate of drug-likeness (QED) is 0.262. The zero-order valence-electron chi connectivity index (χ0n) is 23.9. The molecule has 0 aliphatic carbocycles. The second-order valence-corrected chi connectivity index (χ2v) is 11.5. The molecule has 0 fully saturated rings. The van der Waals surface area contributed by atoms with Crippen molar-refractivity contribution in [2.24, 2.45) is 5.41 Å². The highest BCUT2D eigenvalue weighted by atomic mass is 16.5. The molecular weight excluding hydrogens is 470 g/mol. The van der Waals surface area contributed by atoms with Gasteiger partial charge in [0.25, 0.3) is 0 Å². The molecule has 1 aliphatic rings. The standard InChI is InChI=1S/C33H43N3O2/c1-7-38-31(37)17-29(28-14-15-30(35-6)32(34)23(28)3)24-13-12-22(2)27(16-24)20-36-19-26-11-9-8-10-25(26)18-33(4,5)21-36/h8-16,29,35H,7,17-21,34H2,1-6H3. The Kier molecular flexibility index (Phi) is 8.47. The van der Waals surface area contributed by atoms with Crippen LogP contribution in [0.15, 0.2) is 54.6 Å². The zero-order chi connectivity index (χ0) is 27.4. The molecule has 1 atom stereocenters. The maximum absolute atomic E-state index is 12.7. The fourth-order valence-corrected chi connectivity index (χ4v) is 5.92. The number of nitrogens with one attached hydrogen (secondary N) is 1. The highest BCUT2D eigenvalue weighted by molar-refractivity contribution is 5.75. The van der Waals surface area contributed by atoms with Crippen LogP contribution in [0, 0.1) is 19.3 Å². The Morgan fingerprint density at radius 3 is 2.55 bits per heavy atom. The Labute approximate surface area is 228 Å². The Balaban J connectivity index is 1.70. The Hall–Kier alpha value is -3.31. The number of hydrogen-bond donors (Lipinski definition) is 2. The summed E-state index contributed by atoms with van der Waals surface area (Å²) in [4.78, 5) is 15.3. The molecule has 0 bridgehead atoms. The molecule has 38 heavy (non-hydrogen) atoms. The molecule has 1 unspecified atom stereocenters. The minimum Gasteiger partial charge on any atom is -0.466 e. The van der Waals surface area contributed by atoms with Crippen molar-refractivity contribution in [2.45, 2.75) is 66.5 Å². The molecule has 0 saturated heterocycles. The maximum atomic E-state index is 12.7. The van der Waals surface area contributed by atoms with Gasteiger partial charge in [0.2, 0.25) is 0 Å². The van der Waals surface area contributed by atoms with E-state index in [0.717, 1.165) is 54.1 Å². The molecule has 0 spiro atoms. The Morgan fingerprint density at radius 1 is 1.11 bits per heavy atom. The van der Waals surface area contributed by atoms with Gasteiger partial charge in [0, 0.05) is 32.6 Å². The first-order chi connectivity index (χ1) is 18.1. The van der Waals surface area contributed by atoms with Crippen LogP contribution in [-0.2, 0) is 29.0 Å². The van der Waals surface area contributed by atoms with Crippen molar-refractivity contribution in [2.75, 3.05) is 31.2 Å². The first kappa shape index (κ1) is 27.7. The Bertz CT molecular complexity index is 1300. The summed E-state index contributed by atoms with van der Waals surface area (Å²) >= 11 is 0. The van der Waals surface area contributed by atoms with Crippen LogP contribution in [-0.4, -0.2) is 31.1 Å². The van der Waals surface area contributed by atoms with E-state index in [4.69, 9.17) is 10.5 Å². The van der Waals surface area contributed by atoms with Crippen LogP contribution in [0.2, 0.25) is 0 Å². The molecule has 3 aromatic carbocycles. The number of carbonyl (C=O) groups excluding carboxylic acids is 1. The number of benzene rings is 3. The summed E-state index contributed by atoms with van der Waals surface area (Å²) in [6, 6.07) is 19.6. The molecule has 4 rings (SSSR count). The minimum atomic E-state index is -0.193. The number of fused-ring (bicyclic) bond motifs is 1. The average molecular weight is 514 g/mol. The number of anilines is 2. The molecule has 1 aliphatic heterocycles. The van der Waals surface area contributed by atoms with Crippen molar-refractivity contribution in [3.05, 3.63) is 93.5 Å². The van der Waals surface area contributed by atoms with Crippen LogP contribution < -0.4 is 11.1 Å². The molecular formula is C33H43N3O2. The number of carbonyl (C=O) groups is 1. The van der Waals surface area contributed by atoms with E-state index >= 15 is 0 Å². The van der Waals surface area contributed by atoms with Gasteiger partial charge in [0.05, 0.1) is 24.4 Å². The Morgan fingerprint density at radius 2 is 1.84 bits per heavy atom. The molecule has 0 saturated carbocycles. The van der Waals surface area contributed by atoms with Crippen LogP contribution in [0.25, 0.3) is 0 Å². The number of nitrogens with two attached hydrogens (primary N) is 1. The number of hydrogen-bond acceptors (Lipinski definition) is 5. The number of ether oxygens (including phenoxy) is 1. The number of aryl methyl sites for hydroxylation is 1. The van der Waals surface area contributed by atoms with Gasteiger partial charge < -0.3 is 15.8 Å². The van der Waals surface area contributed by atoms with E-state index in [9.17, 15) is 4.79 Å². The lowest BCUT2D eigenvalue weighted by Crippen LogP contribution is -2.32. The van der Waals surface area contributed by atoms with Gasteiger partial charge in [-0.15, -0.1) is 0 Å². The smallest absolute Gasteiger partial charge is 0.306 e. The van der Waals surface area contributed by atoms with E-state index in [-0.39, 0.29) is 23.7 Å². The summed E-state index contributed by atoms with van der Waals surface area (Å²) in [7, 11) is 1.87. The van der Waals surface area contributed by atoms with Gasteiger partial charge in [0.15, 0.2) is 0 Å². The first-order valence-electron chi connectivity index (χ1n) is 13.7. The molecule has 5 heteroatoms. The fourth-order valence-electron chi connectivity index (χ4n) is 5.92. The van der Waals surface area contributed by atoms with Gasteiger partial charge in [-0.3, -0.25) is 9.69 Å². The van der Waals surface area contributed by atoms with Crippen LogP contribution in [0.5, 0.6) is 0 Å². The van der Waals surface area contributed by atoms with E-state index < -0.39 is 0 Å². The maximum Gasteiger partial charge on any atom is 0.306 e. The van der Waals surface area contributed by atoms with Crippen LogP contribution in [0.3, 0.4) is 0 Å². The summed E-state index contributed by atoms with van der Waals surface area (Å²) in [5, 5.41) is 3.16. The van der Waals surface area contributed by atoms with Crippen LogP contribution in [0.1, 0.15) is 72.1 Å². The third-order valence-electron chi connectivity index (χ3n) is 7.88. The van der Waals surface area contributed by atoms with Gasteiger partial charge in [-0.25, -0.2) is 0 Å².